The fourth-order valence-corrected chi connectivity index (χ4v) is 6.11. The minimum Gasteiger partial charge on any atom is -0.195 e. The first-order valence-electron chi connectivity index (χ1n) is 7.96. The molecule has 0 bridgehead atoms. The Morgan fingerprint density at radius 3 is 2.11 bits per heavy atom. The summed E-state index contributed by atoms with van der Waals surface area (Å²) >= 11 is 0. The Morgan fingerprint density at radius 1 is 0.737 bits per heavy atom. The Hall–Kier alpha value is -0.130. The van der Waals surface area contributed by atoms with Gasteiger partial charge in [-0.15, -0.1) is 0 Å². The first-order valence-corrected chi connectivity index (χ1v) is 9.36. The van der Waals surface area contributed by atoms with Crippen molar-refractivity contribution in [1.82, 2.24) is 8.61 Å². The molecule has 4 nitrogen and oxygen atoms in total. The van der Waals surface area contributed by atoms with Crippen LogP contribution in [0.4, 0.5) is 0 Å². The van der Waals surface area contributed by atoms with Crippen LogP contribution in [0.5, 0.6) is 0 Å². The summed E-state index contributed by atoms with van der Waals surface area (Å²) in [5.74, 6) is 0.619. The van der Waals surface area contributed by atoms with E-state index in [-0.39, 0.29) is 0 Å². The SMILES string of the molecule is O=S(=O)(N1CCCC1)N1CCC[C@@H]1C1CCCCC1. The van der Waals surface area contributed by atoms with E-state index in [2.05, 4.69) is 0 Å². The van der Waals surface area contributed by atoms with Crippen molar-refractivity contribution in [3.8, 4) is 0 Å². The summed E-state index contributed by atoms with van der Waals surface area (Å²) < 4.78 is 29.1. The molecule has 3 fully saturated rings. The van der Waals surface area contributed by atoms with Crippen molar-refractivity contribution >= 4 is 10.2 Å². The van der Waals surface area contributed by atoms with Crippen molar-refractivity contribution in [2.45, 2.75) is 63.8 Å². The smallest absolute Gasteiger partial charge is 0.195 e. The van der Waals surface area contributed by atoms with Crippen LogP contribution in [0.15, 0.2) is 0 Å². The molecule has 2 heterocycles. The van der Waals surface area contributed by atoms with E-state index in [1.165, 1.54) is 32.1 Å². The number of rotatable bonds is 3. The van der Waals surface area contributed by atoms with Gasteiger partial charge in [0.05, 0.1) is 0 Å². The van der Waals surface area contributed by atoms with Crippen molar-refractivity contribution < 1.29 is 8.42 Å². The Bertz CT molecular complexity index is 398. The minimum absolute atomic E-state index is 0.297. The Labute approximate surface area is 117 Å². The average molecular weight is 286 g/mol. The lowest BCUT2D eigenvalue weighted by Crippen LogP contribution is -2.47. The van der Waals surface area contributed by atoms with Crippen LogP contribution in [-0.2, 0) is 10.2 Å². The van der Waals surface area contributed by atoms with Gasteiger partial charge in [0.2, 0.25) is 0 Å². The second-order valence-electron chi connectivity index (χ2n) is 6.33. The van der Waals surface area contributed by atoms with E-state index in [0.29, 0.717) is 12.0 Å². The summed E-state index contributed by atoms with van der Waals surface area (Å²) in [6.45, 7) is 2.21. The van der Waals surface area contributed by atoms with E-state index in [4.69, 9.17) is 0 Å². The lowest BCUT2D eigenvalue weighted by atomic mass is 9.83. The van der Waals surface area contributed by atoms with Crippen LogP contribution in [0.1, 0.15) is 57.8 Å². The molecule has 0 aromatic heterocycles. The number of hydrogen-bond acceptors (Lipinski definition) is 2. The van der Waals surface area contributed by atoms with Gasteiger partial charge in [-0.3, -0.25) is 0 Å². The number of hydrogen-bond donors (Lipinski definition) is 0. The van der Waals surface area contributed by atoms with Crippen molar-refractivity contribution in [1.29, 1.82) is 0 Å². The van der Waals surface area contributed by atoms with Gasteiger partial charge in [0.1, 0.15) is 0 Å². The largest absolute Gasteiger partial charge is 0.282 e. The van der Waals surface area contributed by atoms with Gasteiger partial charge in [-0.25, -0.2) is 0 Å². The molecule has 3 rings (SSSR count). The van der Waals surface area contributed by atoms with Crippen LogP contribution in [0, 0.1) is 5.92 Å². The Morgan fingerprint density at radius 2 is 1.42 bits per heavy atom. The van der Waals surface area contributed by atoms with E-state index in [0.717, 1.165) is 45.3 Å². The predicted octanol–water partition coefficient (Wildman–Crippen LogP) is 2.37. The highest BCUT2D eigenvalue weighted by Gasteiger charge is 2.42. The molecule has 2 aliphatic heterocycles. The third kappa shape index (κ3) is 2.69. The lowest BCUT2D eigenvalue weighted by molar-refractivity contribution is 0.218. The molecular formula is C14H26N2O2S. The van der Waals surface area contributed by atoms with Gasteiger partial charge in [-0.1, -0.05) is 19.3 Å². The molecule has 1 aliphatic carbocycles. The average Bonchev–Trinajstić information content (AvgIpc) is 3.11. The van der Waals surface area contributed by atoms with Crippen molar-refractivity contribution in [2.24, 2.45) is 5.92 Å². The van der Waals surface area contributed by atoms with Crippen LogP contribution in [0.25, 0.3) is 0 Å². The summed E-state index contributed by atoms with van der Waals surface area (Å²) in [5.41, 5.74) is 0. The zero-order chi connectivity index (χ0) is 13.3. The molecule has 19 heavy (non-hydrogen) atoms. The third-order valence-electron chi connectivity index (χ3n) is 5.13. The van der Waals surface area contributed by atoms with Crippen LogP contribution in [-0.4, -0.2) is 42.7 Å². The van der Waals surface area contributed by atoms with Crippen molar-refractivity contribution in [3.05, 3.63) is 0 Å². The van der Waals surface area contributed by atoms with Gasteiger partial charge in [-0.2, -0.15) is 17.0 Å². The third-order valence-corrected chi connectivity index (χ3v) is 7.19. The van der Waals surface area contributed by atoms with E-state index >= 15 is 0 Å². The molecule has 0 N–H and O–H groups in total. The molecular weight excluding hydrogens is 260 g/mol. The normalized spacial score (nSPS) is 32.1. The monoisotopic (exact) mass is 286 g/mol. The van der Waals surface area contributed by atoms with E-state index in [9.17, 15) is 8.42 Å². The highest BCUT2D eigenvalue weighted by atomic mass is 32.2. The van der Waals surface area contributed by atoms with Crippen LogP contribution in [0.2, 0.25) is 0 Å². The molecule has 0 spiro atoms. The zero-order valence-corrected chi connectivity index (χ0v) is 12.6. The second-order valence-corrected chi connectivity index (χ2v) is 8.21. The minimum atomic E-state index is -3.17. The topological polar surface area (TPSA) is 40.6 Å². The fourth-order valence-electron chi connectivity index (χ4n) is 4.11. The highest BCUT2D eigenvalue weighted by molar-refractivity contribution is 7.86. The second kappa shape index (κ2) is 5.70. The quantitative estimate of drug-likeness (QED) is 0.799. The predicted molar refractivity (Wildman–Crippen MR) is 76.0 cm³/mol. The number of nitrogens with zero attached hydrogens (tertiary/aromatic N) is 2. The van der Waals surface area contributed by atoms with Crippen LogP contribution >= 0.6 is 0 Å². The summed E-state index contributed by atoms with van der Waals surface area (Å²) in [7, 11) is -3.17. The van der Waals surface area contributed by atoms with Gasteiger partial charge >= 0.3 is 0 Å². The molecule has 5 heteroatoms. The van der Waals surface area contributed by atoms with E-state index < -0.39 is 10.2 Å². The molecule has 0 radical (unpaired) electrons. The lowest BCUT2D eigenvalue weighted by Gasteiger charge is -2.35. The molecule has 2 saturated heterocycles. The first-order chi connectivity index (χ1) is 9.19. The van der Waals surface area contributed by atoms with Gasteiger partial charge in [0, 0.05) is 25.7 Å². The first kappa shape index (κ1) is 13.8. The Balaban J connectivity index is 1.74. The molecule has 3 aliphatic rings. The van der Waals surface area contributed by atoms with Crippen molar-refractivity contribution in [3.63, 3.8) is 0 Å². The standard InChI is InChI=1S/C14H26N2O2S/c17-19(18,15-10-4-5-11-15)16-12-6-9-14(16)13-7-2-1-3-8-13/h13-14H,1-12H2/t14-/m1/s1. The Kier molecular flexibility index (Phi) is 4.15. The fraction of sp³-hybridized carbons (Fsp3) is 1.00. The molecule has 0 unspecified atom stereocenters. The zero-order valence-electron chi connectivity index (χ0n) is 11.8. The summed E-state index contributed by atoms with van der Waals surface area (Å²) in [5, 5.41) is 0. The maximum Gasteiger partial charge on any atom is 0.282 e. The van der Waals surface area contributed by atoms with Crippen molar-refractivity contribution in [2.75, 3.05) is 19.6 Å². The maximum absolute atomic E-state index is 12.7. The molecule has 0 amide bonds. The van der Waals surface area contributed by atoms with E-state index in [1.807, 2.05) is 4.31 Å². The van der Waals surface area contributed by atoms with Crippen LogP contribution < -0.4 is 0 Å². The highest BCUT2D eigenvalue weighted by Crippen LogP contribution is 2.36. The summed E-state index contributed by atoms with van der Waals surface area (Å²) in [6.07, 6.45) is 10.6. The molecule has 0 aromatic carbocycles. The van der Waals surface area contributed by atoms with Gasteiger partial charge in [0.15, 0.2) is 0 Å². The molecule has 1 saturated carbocycles. The maximum atomic E-state index is 12.7. The summed E-state index contributed by atoms with van der Waals surface area (Å²) in [4.78, 5) is 0. The molecule has 110 valence electrons. The van der Waals surface area contributed by atoms with Gasteiger partial charge in [0.25, 0.3) is 10.2 Å². The van der Waals surface area contributed by atoms with Gasteiger partial charge < -0.3 is 0 Å². The molecule has 1 atom stereocenters. The van der Waals surface area contributed by atoms with Crippen LogP contribution in [0.3, 0.4) is 0 Å². The molecule has 0 aromatic rings. The van der Waals surface area contributed by atoms with E-state index in [1.54, 1.807) is 4.31 Å². The summed E-state index contributed by atoms with van der Waals surface area (Å²) in [6, 6.07) is 0.297. The van der Waals surface area contributed by atoms with Gasteiger partial charge in [-0.05, 0) is 44.4 Å².